The van der Waals surface area contributed by atoms with Gasteiger partial charge >= 0.3 is 10.2 Å². The molecule has 2 atom stereocenters. The lowest BCUT2D eigenvalue weighted by molar-refractivity contribution is 0.0421. The van der Waals surface area contributed by atoms with E-state index in [-0.39, 0.29) is 11.7 Å². The summed E-state index contributed by atoms with van der Waals surface area (Å²) in [5, 5.41) is 0. The minimum Gasteiger partial charge on any atom is -0.300 e. The first-order valence-corrected chi connectivity index (χ1v) is 7.15. The molecule has 2 heterocycles. The summed E-state index contributed by atoms with van der Waals surface area (Å²) in [6, 6.07) is 0.952. The van der Waals surface area contributed by atoms with Gasteiger partial charge in [0, 0.05) is 12.1 Å². The van der Waals surface area contributed by atoms with E-state index in [0.29, 0.717) is 12.1 Å². The molecule has 2 bridgehead atoms. The van der Waals surface area contributed by atoms with Crippen molar-refractivity contribution in [2.24, 2.45) is 5.92 Å². The van der Waals surface area contributed by atoms with E-state index in [4.69, 9.17) is 0 Å². The number of piperidine rings is 2. The number of halogens is 1. The Kier molecular flexibility index (Phi) is 3.03. The third-order valence-electron chi connectivity index (χ3n) is 3.87. The molecule has 0 aromatic rings. The normalized spacial score (nSPS) is 37.9. The Balaban J connectivity index is 2.01. The summed E-state index contributed by atoms with van der Waals surface area (Å²) in [5.41, 5.74) is 0. The van der Waals surface area contributed by atoms with Gasteiger partial charge in [-0.15, -0.1) is 3.89 Å². The van der Waals surface area contributed by atoms with Crippen LogP contribution < -0.4 is 0 Å². The highest BCUT2D eigenvalue weighted by Gasteiger charge is 2.37. The van der Waals surface area contributed by atoms with E-state index in [1.165, 1.54) is 6.42 Å². The van der Waals surface area contributed by atoms with Gasteiger partial charge in [0.25, 0.3) is 0 Å². The summed E-state index contributed by atoms with van der Waals surface area (Å²) in [7, 11) is -2.18. The Morgan fingerprint density at radius 1 is 1.27 bits per heavy atom. The Hall–Kier alpha value is -0.160. The van der Waals surface area contributed by atoms with Crippen LogP contribution >= 0.6 is 0 Å². The van der Waals surface area contributed by atoms with Gasteiger partial charge in [-0.1, -0.05) is 6.42 Å². The standard InChI is InChI=1S/C10H18FNO2S/c1-12-9-3-2-4-10(12)6-8(5-9)7-15(11,13)14/h8-10H,2-7H2,1H3. The molecule has 0 aliphatic carbocycles. The van der Waals surface area contributed by atoms with Crippen LogP contribution in [0, 0.1) is 5.92 Å². The summed E-state index contributed by atoms with van der Waals surface area (Å²) >= 11 is 0. The summed E-state index contributed by atoms with van der Waals surface area (Å²) in [6.07, 6.45) is 5.19. The minimum absolute atomic E-state index is 0.0338. The number of nitrogens with zero attached hydrogens (tertiary/aromatic N) is 1. The van der Waals surface area contributed by atoms with Gasteiger partial charge in [-0.2, -0.15) is 8.42 Å². The monoisotopic (exact) mass is 235 g/mol. The van der Waals surface area contributed by atoms with Crippen LogP contribution in [0.25, 0.3) is 0 Å². The molecular formula is C10H18FNO2S. The third-order valence-corrected chi connectivity index (χ3v) is 4.74. The molecule has 2 saturated heterocycles. The summed E-state index contributed by atoms with van der Waals surface area (Å²) in [6.45, 7) is 0. The molecule has 2 rings (SSSR count). The Morgan fingerprint density at radius 3 is 2.27 bits per heavy atom. The molecule has 0 spiro atoms. The van der Waals surface area contributed by atoms with Crippen LogP contribution in [0.5, 0.6) is 0 Å². The van der Waals surface area contributed by atoms with Gasteiger partial charge in [-0.25, -0.2) is 0 Å². The lowest BCUT2D eigenvalue weighted by Crippen LogP contribution is -2.50. The molecule has 3 nitrogen and oxygen atoms in total. The fourth-order valence-corrected chi connectivity index (χ4v) is 3.98. The van der Waals surface area contributed by atoms with Gasteiger partial charge in [0.15, 0.2) is 0 Å². The molecule has 2 aliphatic heterocycles. The molecule has 2 fully saturated rings. The van der Waals surface area contributed by atoms with E-state index in [2.05, 4.69) is 11.9 Å². The van der Waals surface area contributed by atoms with Crippen molar-refractivity contribution in [3.63, 3.8) is 0 Å². The molecule has 5 heteroatoms. The summed E-state index contributed by atoms with van der Waals surface area (Å²) < 4.78 is 33.8. The molecule has 88 valence electrons. The van der Waals surface area contributed by atoms with Gasteiger partial charge < -0.3 is 4.90 Å². The lowest BCUT2D eigenvalue weighted by atomic mass is 9.79. The second-order valence-electron chi connectivity index (χ2n) is 4.95. The molecule has 0 radical (unpaired) electrons. The molecule has 15 heavy (non-hydrogen) atoms. The van der Waals surface area contributed by atoms with Crippen molar-refractivity contribution >= 4 is 10.2 Å². The van der Waals surface area contributed by atoms with Gasteiger partial charge in [-0.05, 0) is 38.6 Å². The average Bonchev–Trinajstić information content (AvgIpc) is 2.04. The molecule has 0 saturated carbocycles. The molecule has 0 N–H and O–H groups in total. The predicted molar refractivity (Wildman–Crippen MR) is 56.8 cm³/mol. The number of rotatable bonds is 2. The van der Waals surface area contributed by atoms with Crippen molar-refractivity contribution in [1.29, 1.82) is 0 Å². The van der Waals surface area contributed by atoms with E-state index >= 15 is 0 Å². The SMILES string of the molecule is CN1C2CCCC1CC(CS(=O)(=O)F)C2. The van der Waals surface area contributed by atoms with E-state index < -0.39 is 10.2 Å². The number of fused-ring (bicyclic) bond motifs is 2. The van der Waals surface area contributed by atoms with Crippen molar-refractivity contribution in [2.75, 3.05) is 12.8 Å². The van der Waals surface area contributed by atoms with Crippen LogP contribution in [0.2, 0.25) is 0 Å². The average molecular weight is 235 g/mol. The molecule has 0 aromatic carbocycles. The Morgan fingerprint density at radius 2 is 1.80 bits per heavy atom. The summed E-state index contributed by atoms with van der Waals surface area (Å²) in [4.78, 5) is 2.35. The Labute approximate surface area is 90.9 Å². The van der Waals surface area contributed by atoms with Crippen LogP contribution in [0.15, 0.2) is 0 Å². The van der Waals surface area contributed by atoms with Crippen molar-refractivity contribution in [2.45, 2.75) is 44.2 Å². The smallest absolute Gasteiger partial charge is 0.300 e. The quantitative estimate of drug-likeness (QED) is 0.681. The Bertz CT molecular complexity index is 316. The van der Waals surface area contributed by atoms with E-state index in [0.717, 1.165) is 25.7 Å². The maximum Gasteiger partial charge on any atom is 0.302 e. The second kappa shape index (κ2) is 4.01. The third kappa shape index (κ3) is 2.69. The zero-order chi connectivity index (χ0) is 11.1. The molecule has 0 aromatic heterocycles. The number of hydrogen-bond donors (Lipinski definition) is 0. The topological polar surface area (TPSA) is 37.4 Å². The maximum atomic E-state index is 12.6. The maximum absolute atomic E-state index is 12.6. The zero-order valence-electron chi connectivity index (χ0n) is 9.02. The molecule has 2 aliphatic rings. The van der Waals surface area contributed by atoms with Crippen molar-refractivity contribution in [1.82, 2.24) is 4.90 Å². The second-order valence-corrected chi connectivity index (χ2v) is 6.36. The van der Waals surface area contributed by atoms with Crippen molar-refractivity contribution in [3.8, 4) is 0 Å². The van der Waals surface area contributed by atoms with Crippen LogP contribution in [0.1, 0.15) is 32.1 Å². The molecule has 0 amide bonds. The highest BCUT2D eigenvalue weighted by molar-refractivity contribution is 7.86. The molecule has 2 unspecified atom stereocenters. The van der Waals surface area contributed by atoms with Crippen LogP contribution in [0.4, 0.5) is 3.89 Å². The minimum atomic E-state index is -4.29. The first-order valence-electron chi connectivity index (χ1n) is 5.60. The van der Waals surface area contributed by atoms with Gasteiger partial charge in [0.1, 0.15) is 0 Å². The van der Waals surface area contributed by atoms with E-state index in [1.54, 1.807) is 0 Å². The van der Waals surface area contributed by atoms with Crippen molar-refractivity contribution in [3.05, 3.63) is 0 Å². The predicted octanol–water partition coefficient (Wildman–Crippen LogP) is 1.55. The highest BCUT2D eigenvalue weighted by atomic mass is 32.3. The fraction of sp³-hybridized carbons (Fsp3) is 1.00. The van der Waals surface area contributed by atoms with Crippen molar-refractivity contribution < 1.29 is 12.3 Å². The largest absolute Gasteiger partial charge is 0.302 e. The van der Waals surface area contributed by atoms with Gasteiger partial charge in [0.2, 0.25) is 0 Å². The highest BCUT2D eigenvalue weighted by Crippen LogP contribution is 2.36. The molecular weight excluding hydrogens is 217 g/mol. The summed E-state index contributed by atoms with van der Waals surface area (Å²) in [5.74, 6) is -0.236. The lowest BCUT2D eigenvalue weighted by Gasteiger charge is -2.46. The van der Waals surface area contributed by atoms with Gasteiger partial charge in [-0.3, -0.25) is 0 Å². The first kappa shape index (κ1) is 11.3. The zero-order valence-corrected chi connectivity index (χ0v) is 9.84. The van der Waals surface area contributed by atoms with Crippen LogP contribution in [-0.4, -0.2) is 38.2 Å². The first-order chi connectivity index (χ1) is 6.96. The van der Waals surface area contributed by atoms with E-state index in [9.17, 15) is 12.3 Å². The number of hydrogen-bond acceptors (Lipinski definition) is 3. The van der Waals surface area contributed by atoms with Crippen LogP contribution in [-0.2, 0) is 10.2 Å². The fourth-order valence-electron chi connectivity index (χ4n) is 3.15. The van der Waals surface area contributed by atoms with E-state index in [1.807, 2.05) is 0 Å². The van der Waals surface area contributed by atoms with Gasteiger partial charge in [0.05, 0.1) is 5.75 Å². The van der Waals surface area contributed by atoms with Crippen LogP contribution in [0.3, 0.4) is 0 Å².